The molecule has 0 aromatic heterocycles. The molecular formula is C20H24ClN3O2. The molecule has 3 N–H and O–H groups in total. The Morgan fingerprint density at radius 1 is 0.846 bits per heavy atom. The van der Waals surface area contributed by atoms with Crippen molar-refractivity contribution in [3.8, 4) is 0 Å². The van der Waals surface area contributed by atoms with Crippen LogP contribution in [0.15, 0.2) is 48.5 Å². The molecule has 1 unspecified atom stereocenters. The van der Waals surface area contributed by atoms with Gasteiger partial charge in [-0.2, -0.15) is 0 Å². The van der Waals surface area contributed by atoms with E-state index in [2.05, 4.69) is 16.0 Å². The minimum atomic E-state index is -0.424. The summed E-state index contributed by atoms with van der Waals surface area (Å²) >= 11 is 5.84. The van der Waals surface area contributed by atoms with E-state index in [-0.39, 0.29) is 11.8 Å². The quantitative estimate of drug-likeness (QED) is 0.655. The van der Waals surface area contributed by atoms with Crippen molar-refractivity contribution in [3.05, 3.63) is 53.6 Å². The summed E-state index contributed by atoms with van der Waals surface area (Å²) in [4.78, 5) is 24.0. The summed E-state index contributed by atoms with van der Waals surface area (Å²) < 4.78 is 0. The Bertz CT molecular complexity index is 743. The van der Waals surface area contributed by atoms with Gasteiger partial charge >= 0.3 is 0 Å². The Hall–Kier alpha value is -2.53. The van der Waals surface area contributed by atoms with Crippen molar-refractivity contribution >= 4 is 40.5 Å². The van der Waals surface area contributed by atoms with Crippen LogP contribution in [0.4, 0.5) is 17.1 Å². The molecule has 0 saturated heterocycles. The predicted molar refractivity (Wildman–Crippen MR) is 108 cm³/mol. The van der Waals surface area contributed by atoms with Gasteiger partial charge in [0, 0.05) is 28.5 Å². The fourth-order valence-corrected chi connectivity index (χ4v) is 2.46. The molecular weight excluding hydrogens is 350 g/mol. The first-order valence-corrected chi connectivity index (χ1v) is 8.94. The number of carbonyl (C=O) groups is 2. The largest absolute Gasteiger partial charge is 0.374 e. The van der Waals surface area contributed by atoms with Gasteiger partial charge in [-0.3, -0.25) is 9.59 Å². The first-order chi connectivity index (χ1) is 12.3. The summed E-state index contributed by atoms with van der Waals surface area (Å²) in [5.74, 6) is 0.161. The Balaban J connectivity index is 1.88. The van der Waals surface area contributed by atoms with Crippen molar-refractivity contribution in [3.63, 3.8) is 0 Å². The molecule has 0 bridgehead atoms. The first kappa shape index (κ1) is 19.8. The second kappa shape index (κ2) is 9.25. The Labute approximate surface area is 159 Å². The highest BCUT2D eigenvalue weighted by Crippen LogP contribution is 2.17. The zero-order valence-corrected chi connectivity index (χ0v) is 15.9. The SMILES string of the molecule is CC(C)CC(=O)Nc1ccc(NC(C)C(=O)Nc2ccc(Cl)cc2)cc1. The number of carbonyl (C=O) groups excluding carboxylic acids is 2. The smallest absolute Gasteiger partial charge is 0.246 e. The predicted octanol–water partition coefficient (Wildman–Crippen LogP) is 4.76. The molecule has 2 rings (SSSR count). The van der Waals surface area contributed by atoms with Crippen LogP contribution in [-0.4, -0.2) is 17.9 Å². The minimum Gasteiger partial charge on any atom is -0.374 e. The minimum absolute atomic E-state index is 0.00332. The highest BCUT2D eigenvalue weighted by Gasteiger charge is 2.13. The van der Waals surface area contributed by atoms with Crippen molar-refractivity contribution in [2.24, 2.45) is 5.92 Å². The Morgan fingerprint density at radius 3 is 1.92 bits per heavy atom. The molecule has 0 aliphatic heterocycles. The fourth-order valence-electron chi connectivity index (χ4n) is 2.33. The highest BCUT2D eigenvalue weighted by atomic mass is 35.5. The lowest BCUT2D eigenvalue weighted by molar-refractivity contribution is -0.117. The number of benzene rings is 2. The van der Waals surface area contributed by atoms with Crippen LogP contribution in [0.1, 0.15) is 27.2 Å². The van der Waals surface area contributed by atoms with Crippen LogP contribution in [-0.2, 0) is 9.59 Å². The molecule has 2 aromatic rings. The highest BCUT2D eigenvalue weighted by molar-refractivity contribution is 6.30. The standard InChI is InChI=1S/C20H24ClN3O2/c1-13(2)12-19(25)23-17-10-8-16(9-11-17)22-14(3)20(26)24-18-6-4-15(21)5-7-18/h4-11,13-14,22H,12H2,1-3H3,(H,23,25)(H,24,26). The van der Waals surface area contributed by atoms with Crippen LogP contribution in [0.25, 0.3) is 0 Å². The number of nitrogens with one attached hydrogen (secondary N) is 3. The Kier molecular flexibility index (Phi) is 7.04. The van der Waals surface area contributed by atoms with Crippen LogP contribution in [0.3, 0.4) is 0 Å². The lowest BCUT2D eigenvalue weighted by Crippen LogP contribution is -2.31. The molecule has 0 saturated carbocycles. The van der Waals surface area contributed by atoms with E-state index in [9.17, 15) is 9.59 Å². The summed E-state index contributed by atoms with van der Waals surface area (Å²) in [6, 6.07) is 13.8. The third kappa shape index (κ3) is 6.41. The van der Waals surface area contributed by atoms with Gasteiger partial charge in [0.2, 0.25) is 11.8 Å². The molecule has 0 heterocycles. The van der Waals surface area contributed by atoms with E-state index in [0.29, 0.717) is 23.0 Å². The maximum Gasteiger partial charge on any atom is 0.246 e. The van der Waals surface area contributed by atoms with E-state index in [1.54, 1.807) is 31.2 Å². The van der Waals surface area contributed by atoms with Gasteiger partial charge in [-0.25, -0.2) is 0 Å². The van der Waals surface area contributed by atoms with Gasteiger partial charge in [-0.05, 0) is 61.4 Å². The number of hydrogen-bond acceptors (Lipinski definition) is 3. The van der Waals surface area contributed by atoms with Crippen LogP contribution >= 0.6 is 11.6 Å². The zero-order chi connectivity index (χ0) is 19.1. The lowest BCUT2D eigenvalue weighted by Gasteiger charge is -2.16. The number of hydrogen-bond donors (Lipinski definition) is 3. The summed E-state index contributed by atoms with van der Waals surface area (Å²) in [7, 11) is 0. The van der Waals surface area contributed by atoms with E-state index in [0.717, 1.165) is 11.4 Å². The number of amides is 2. The summed E-state index contributed by atoms with van der Waals surface area (Å²) in [5.41, 5.74) is 2.22. The Morgan fingerprint density at radius 2 is 1.35 bits per heavy atom. The molecule has 138 valence electrons. The van der Waals surface area contributed by atoms with E-state index in [1.165, 1.54) is 0 Å². The zero-order valence-electron chi connectivity index (χ0n) is 15.2. The molecule has 0 aliphatic carbocycles. The maximum absolute atomic E-state index is 12.3. The average molecular weight is 374 g/mol. The molecule has 6 heteroatoms. The van der Waals surface area contributed by atoms with Gasteiger partial charge in [0.15, 0.2) is 0 Å². The van der Waals surface area contributed by atoms with Gasteiger partial charge < -0.3 is 16.0 Å². The van der Waals surface area contributed by atoms with Crippen molar-refractivity contribution < 1.29 is 9.59 Å². The van der Waals surface area contributed by atoms with E-state index in [1.807, 2.05) is 38.1 Å². The molecule has 0 spiro atoms. The monoisotopic (exact) mass is 373 g/mol. The average Bonchev–Trinajstić information content (AvgIpc) is 2.58. The van der Waals surface area contributed by atoms with Crippen molar-refractivity contribution in [2.75, 3.05) is 16.0 Å². The van der Waals surface area contributed by atoms with Crippen LogP contribution < -0.4 is 16.0 Å². The van der Waals surface area contributed by atoms with Gasteiger partial charge in [0.25, 0.3) is 0 Å². The van der Waals surface area contributed by atoms with Gasteiger partial charge in [0.05, 0.1) is 0 Å². The second-order valence-electron chi connectivity index (χ2n) is 6.59. The van der Waals surface area contributed by atoms with E-state index in [4.69, 9.17) is 11.6 Å². The molecule has 2 amide bonds. The molecule has 1 atom stereocenters. The molecule has 2 aromatic carbocycles. The summed E-state index contributed by atoms with van der Waals surface area (Å²) in [5, 5.41) is 9.44. The number of rotatable bonds is 7. The first-order valence-electron chi connectivity index (χ1n) is 8.56. The van der Waals surface area contributed by atoms with Gasteiger partial charge in [0.1, 0.15) is 6.04 Å². The van der Waals surface area contributed by atoms with Crippen molar-refractivity contribution in [2.45, 2.75) is 33.2 Å². The maximum atomic E-state index is 12.3. The topological polar surface area (TPSA) is 70.2 Å². The lowest BCUT2D eigenvalue weighted by atomic mass is 10.1. The molecule has 0 fully saturated rings. The van der Waals surface area contributed by atoms with Crippen LogP contribution in [0, 0.1) is 5.92 Å². The van der Waals surface area contributed by atoms with Crippen molar-refractivity contribution in [1.29, 1.82) is 0 Å². The molecule has 0 aliphatic rings. The fraction of sp³-hybridized carbons (Fsp3) is 0.300. The second-order valence-corrected chi connectivity index (χ2v) is 7.02. The van der Waals surface area contributed by atoms with Gasteiger partial charge in [-0.15, -0.1) is 0 Å². The summed E-state index contributed by atoms with van der Waals surface area (Å²) in [6.45, 7) is 5.79. The molecule has 0 radical (unpaired) electrons. The van der Waals surface area contributed by atoms with E-state index >= 15 is 0 Å². The van der Waals surface area contributed by atoms with Crippen LogP contribution in [0.5, 0.6) is 0 Å². The number of anilines is 3. The van der Waals surface area contributed by atoms with Crippen LogP contribution in [0.2, 0.25) is 5.02 Å². The third-order valence-electron chi connectivity index (χ3n) is 3.65. The summed E-state index contributed by atoms with van der Waals surface area (Å²) in [6.07, 6.45) is 0.488. The van der Waals surface area contributed by atoms with E-state index < -0.39 is 6.04 Å². The third-order valence-corrected chi connectivity index (χ3v) is 3.90. The molecule has 26 heavy (non-hydrogen) atoms. The van der Waals surface area contributed by atoms with Gasteiger partial charge in [-0.1, -0.05) is 25.4 Å². The normalized spacial score (nSPS) is 11.7. The molecule has 5 nitrogen and oxygen atoms in total. The number of halogens is 1. The van der Waals surface area contributed by atoms with Crippen molar-refractivity contribution in [1.82, 2.24) is 0 Å².